The Labute approximate surface area is 122 Å². The highest BCUT2D eigenvalue weighted by Gasteiger charge is 2.23. The van der Waals surface area contributed by atoms with Crippen molar-refractivity contribution in [2.45, 2.75) is 32.4 Å². The summed E-state index contributed by atoms with van der Waals surface area (Å²) < 4.78 is 0.842. The van der Waals surface area contributed by atoms with E-state index < -0.39 is 6.10 Å². The molecule has 98 valence electrons. The van der Waals surface area contributed by atoms with Crippen molar-refractivity contribution >= 4 is 39.9 Å². The molecular weight excluding hydrogens is 325 g/mol. The zero-order chi connectivity index (χ0) is 12.3. The summed E-state index contributed by atoms with van der Waals surface area (Å²) in [5, 5.41) is 10.7. The highest BCUT2D eigenvalue weighted by molar-refractivity contribution is 9.10. The summed E-state index contributed by atoms with van der Waals surface area (Å²) in [5.74, 6) is 0.178. The second kappa shape index (κ2) is 7.59. The van der Waals surface area contributed by atoms with Crippen molar-refractivity contribution in [3.8, 4) is 0 Å². The van der Waals surface area contributed by atoms with Gasteiger partial charge in [-0.3, -0.25) is 0 Å². The van der Waals surface area contributed by atoms with E-state index in [1.165, 1.54) is 0 Å². The number of benzene rings is 1. The van der Waals surface area contributed by atoms with Gasteiger partial charge in [0.25, 0.3) is 0 Å². The molecule has 0 amide bonds. The van der Waals surface area contributed by atoms with Gasteiger partial charge in [0.2, 0.25) is 0 Å². The molecule has 0 spiro atoms. The number of hydrogen-bond acceptors (Lipinski definition) is 2. The maximum atomic E-state index is 10.1. The molecule has 2 nitrogen and oxygen atoms in total. The van der Waals surface area contributed by atoms with Gasteiger partial charge in [-0.05, 0) is 23.6 Å². The Morgan fingerprint density at radius 2 is 2.06 bits per heavy atom. The average Bonchev–Trinajstić information content (AvgIpc) is 2.26. The minimum absolute atomic E-state index is 0. The molecule has 0 aliphatic heterocycles. The van der Waals surface area contributed by atoms with Crippen LogP contribution in [-0.4, -0.2) is 11.2 Å². The molecule has 0 fully saturated rings. The van der Waals surface area contributed by atoms with Crippen LogP contribution in [0.1, 0.15) is 31.9 Å². The van der Waals surface area contributed by atoms with Crippen LogP contribution in [0.15, 0.2) is 22.7 Å². The molecule has 0 saturated carbocycles. The maximum absolute atomic E-state index is 10.1. The molecule has 0 aliphatic rings. The van der Waals surface area contributed by atoms with Gasteiger partial charge in [-0.15, -0.1) is 12.4 Å². The number of aliphatic hydroxyl groups excluding tert-OH is 1. The van der Waals surface area contributed by atoms with Crippen LogP contribution >= 0.6 is 39.9 Å². The minimum atomic E-state index is -0.539. The molecule has 0 aromatic heterocycles. The van der Waals surface area contributed by atoms with Crippen LogP contribution in [0, 0.1) is 5.92 Å². The summed E-state index contributed by atoms with van der Waals surface area (Å²) in [6.07, 6.45) is 0.363. The summed E-state index contributed by atoms with van der Waals surface area (Å²) in [7, 11) is 0. The molecule has 0 bridgehead atoms. The van der Waals surface area contributed by atoms with Crippen LogP contribution in [0.3, 0.4) is 0 Å². The Morgan fingerprint density at radius 3 is 2.53 bits per heavy atom. The van der Waals surface area contributed by atoms with Gasteiger partial charge in [-0.1, -0.05) is 53.9 Å². The van der Waals surface area contributed by atoms with Crippen molar-refractivity contribution in [1.82, 2.24) is 0 Å². The molecule has 0 saturated heterocycles. The molecule has 1 unspecified atom stereocenters. The molecule has 1 rings (SSSR count). The van der Waals surface area contributed by atoms with Crippen molar-refractivity contribution in [2.24, 2.45) is 11.7 Å². The van der Waals surface area contributed by atoms with E-state index in [-0.39, 0.29) is 24.4 Å². The van der Waals surface area contributed by atoms with Crippen molar-refractivity contribution < 1.29 is 5.11 Å². The van der Waals surface area contributed by atoms with Gasteiger partial charge in [0.1, 0.15) is 0 Å². The summed E-state index contributed by atoms with van der Waals surface area (Å²) >= 11 is 9.27. The van der Waals surface area contributed by atoms with Gasteiger partial charge in [0, 0.05) is 9.50 Å². The SMILES string of the molecule is CCC(C)[C@@H](O)[C@@H](N)c1ccc(Cl)cc1Br.Cl. The van der Waals surface area contributed by atoms with E-state index in [9.17, 15) is 5.11 Å². The molecule has 3 atom stereocenters. The van der Waals surface area contributed by atoms with Crippen LogP contribution < -0.4 is 5.73 Å². The van der Waals surface area contributed by atoms with Gasteiger partial charge < -0.3 is 10.8 Å². The summed E-state index contributed by atoms with van der Waals surface area (Å²) in [6.45, 7) is 4.03. The normalized spacial score (nSPS) is 15.9. The third kappa shape index (κ3) is 4.42. The lowest BCUT2D eigenvalue weighted by atomic mass is 9.92. The fraction of sp³-hybridized carbons (Fsp3) is 0.500. The molecule has 1 aromatic carbocycles. The lowest BCUT2D eigenvalue weighted by molar-refractivity contribution is 0.0878. The second-order valence-electron chi connectivity index (χ2n) is 4.07. The van der Waals surface area contributed by atoms with E-state index in [1.807, 2.05) is 19.9 Å². The van der Waals surface area contributed by atoms with E-state index >= 15 is 0 Å². The van der Waals surface area contributed by atoms with Crippen LogP contribution in [0.5, 0.6) is 0 Å². The molecule has 17 heavy (non-hydrogen) atoms. The Hall–Kier alpha value is 0.200. The minimum Gasteiger partial charge on any atom is -0.391 e. The molecule has 0 radical (unpaired) electrons. The highest BCUT2D eigenvalue weighted by atomic mass is 79.9. The molecule has 0 heterocycles. The topological polar surface area (TPSA) is 46.2 Å². The maximum Gasteiger partial charge on any atom is 0.0758 e. The predicted octanol–water partition coefficient (Wildman–Crippen LogP) is 3.93. The first-order valence-electron chi connectivity index (χ1n) is 5.36. The second-order valence-corrected chi connectivity index (χ2v) is 5.36. The Balaban J connectivity index is 0.00000256. The summed E-state index contributed by atoms with van der Waals surface area (Å²) in [6, 6.07) is 5.04. The molecule has 5 heteroatoms. The molecule has 0 aliphatic carbocycles. The van der Waals surface area contributed by atoms with Crippen molar-refractivity contribution in [2.75, 3.05) is 0 Å². The number of nitrogens with two attached hydrogens (primary N) is 1. The first-order valence-corrected chi connectivity index (χ1v) is 6.53. The monoisotopic (exact) mass is 341 g/mol. The van der Waals surface area contributed by atoms with E-state index in [0.717, 1.165) is 16.5 Å². The van der Waals surface area contributed by atoms with Crippen LogP contribution in [0.4, 0.5) is 0 Å². The zero-order valence-electron chi connectivity index (χ0n) is 9.86. The number of halogens is 3. The van der Waals surface area contributed by atoms with E-state index in [0.29, 0.717) is 5.02 Å². The fourth-order valence-electron chi connectivity index (χ4n) is 1.55. The largest absolute Gasteiger partial charge is 0.391 e. The standard InChI is InChI=1S/C12H17BrClNO.ClH/c1-3-7(2)12(16)11(15)9-5-4-8(14)6-10(9)13;/h4-7,11-12,16H,3,15H2,1-2H3;1H/t7?,11-,12+;/m0./s1. The average molecular weight is 343 g/mol. The first-order chi connectivity index (χ1) is 7.47. The van der Waals surface area contributed by atoms with Gasteiger partial charge in [0.05, 0.1) is 12.1 Å². The quantitative estimate of drug-likeness (QED) is 0.870. The summed E-state index contributed by atoms with van der Waals surface area (Å²) in [4.78, 5) is 0. The third-order valence-corrected chi connectivity index (χ3v) is 3.84. The predicted molar refractivity (Wildman–Crippen MR) is 78.8 cm³/mol. The number of aliphatic hydroxyl groups is 1. The van der Waals surface area contributed by atoms with Gasteiger partial charge in [0.15, 0.2) is 0 Å². The number of hydrogen-bond donors (Lipinski definition) is 2. The third-order valence-electron chi connectivity index (χ3n) is 2.92. The van der Waals surface area contributed by atoms with Crippen molar-refractivity contribution in [3.05, 3.63) is 33.3 Å². The fourth-order valence-corrected chi connectivity index (χ4v) is 2.50. The van der Waals surface area contributed by atoms with Crippen molar-refractivity contribution in [3.63, 3.8) is 0 Å². The van der Waals surface area contributed by atoms with Crippen LogP contribution in [0.2, 0.25) is 5.02 Å². The Kier molecular flexibility index (Phi) is 7.68. The lowest BCUT2D eigenvalue weighted by Gasteiger charge is -2.25. The Morgan fingerprint density at radius 1 is 1.47 bits per heavy atom. The lowest BCUT2D eigenvalue weighted by Crippen LogP contribution is -2.31. The molecule has 3 N–H and O–H groups in total. The van der Waals surface area contributed by atoms with Crippen molar-refractivity contribution in [1.29, 1.82) is 0 Å². The highest BCUT2D eigenvalue weighted by Crippen LogP contribution is 2.29. The molecular formula is C12H18BrCl2NO. The Bertz CT molecular complexity index is 362. The van der Waals surface area contributed by atoms with E-state index in [1.54, 1.807) is 12.1 Å². The molecule has 1 aromatic rings. The van der Waals surface area contributed by atoms with E-state index in [4.69, 9.17) is 17.3 Å². The number of rotatable bonds is 4. The van der Waals surface area contributed by atoms with E-state index in [2.05, 4.69) is 15.9 Å². The van der Waals surface area contributed by atoms with Crippen LogP contribution in [0.25, 0.3) is 0 Å². The smallest absolute Gasteiger partial charge is 0.0758 e. The van der Waals surface area contributed by atoms with Gasteiger partial charge in [-0.2, -0.15) is 0 Å². The van der Waals surface area contributed by atoms with Crippen LogP contribution in [-0.2, 0) is 0 Å². The zero-order valence-corrected chi connectivity index (χ0v) is 13.0. The van der Waals surface area contributed by atoms with Gasteiger partial charge >= 0.3 is 0 Å². The van der Waals surface area contributed by atoms with Gasteiger partial charge in [-0.25, -0.2) is 0 Å². The summed E-state index contributed by atoms with van der Waals surface area (Å²) in [5.41, 5.74) is 6.93. The first kappa shape index (κ1) is 17.2.